The molecule has 8 nitrogen and oxygen atoms in total. The highest BCUT2D eigenvalue weighted by Gasteiger charge is 2.31. The van der Waals surface area contributed by atoms with Gasteiger partial charge in [-0.3, -0.25) is 14.9 Å². The zero-order chi connectivity index (χ0) is 23.6. The molecule has 2 aromatic carbocycles. The van der Waals surface area contributed by atoms with Gasteiger partial charge < -0.3 is 19.6 Å². The van der Waals surface area contributed by atoms with Gasteiger partial charge in [0, 0.05) is 75.2 Å². The lowest BCUT2D eigenvalue weighted by atomic mass is 9.94. The van der Waals surface area contributed by atoms with Crippen molar-refractivity contribution in [3.63, 3.8) is 0 Å². The first kappa shape index (κ1) is 22.9. The lowest BCUT2D eigenvalue weighted by molar-refractivity contribution is -0.384. The van der Waals surface area contributed by atoms with Crippen LogP contribution in [0.4, 0.5) is 22.7 Å². The minimum Gasteiger partial charge on any atom is -0.368 e. The number of anilines is 3. The molecular formula is C25H33N5O3. The molecule has 0 bridgehead atoms. The molecule has 0 spiro atoms. The van der Waals surface area contributed by atoms with Crippen molar-refractivity contribution < 1.29 is 9.72 Å². The Morgan fingerprint density at radius 2 is 1.33 bits per heavy atom. The average molecular weight is 452 g/mol. The van der Waals surface area contributed by atoms with Crippen LogP contribution in [0, 0.1) is 15.5 Å². The third-order valence-corrected chi connectivity index (χ3v) is 6.47. The summed E-state index contributed by atoms with van der Waals surface area (Å²) in [5, 5.41) is 11.8. The Hall–Kier alpha value is -3.29. The van der Waals surface area contributed by atoms with Gasteiger partial charge in [0.25, 0.3) is 5.69 Å². The Bertz CT molecular complexity index is 989. The number of rotatable bonds is 4. The molecule has 2 aromatic rings. The van der Waals surface area contributed by atoms with Crippen LogP contribution in [0.2, 0.25) is 0 Å². The van der Waals surface area contributed by atoms with Crippen molar-refractivity contribution in [2.24, 2.45) is 5.41 Å². The van der Waals surface area contributed by atoms with Crippen LogP contribution in [0.25, 0.3) is 0 Å². The van der Waals surface area contributed by atoms with Crippen molar-refractivity contribution in [1.29, 1.82) is 0 Å². The SMILES string of the molecule is CC(C)(C)C(=O)N1CCN(c2ccc([N+](=O)[O-])c(N3CCN(c4ccccc4)CC3)c2)CC1. The minimum atomic E-state index is -0.384. The summed E-state index contributed by atoms with van der Waals surface area (Å²) in [5.74, 6) is 0.169. The number of hydrogen-bond acceptors (Lipinski definition) is 6. The molecule has 1 amide bonds. The molecule has 0 saturated carbocycles. The van der Waals surface area contributed by atoms with Crippen LogP contribution in [-0.2, 0) is 4.79 Å². The van der Waals surface area contributed by atoms with E-state index in [9.17, 15) is 14.9 Å². The topological polar surface area (TPSA) is 73.2 Å². The lowest BCUT2D eigenvalue weighted by Gasteiger charge is -2.39. The van der Waals surface area contributed by atoms with Crippen molar-refractivity contribution in [2.45, 2.75) is 20.8 Å². The van der Waals surface area contributed by atoms with Gasteiger partial charge in [0.15, 0.2) is 0 Å². The Kier molecular flexibility index (Phi) is 6.44. The van der Waals surface area contributed by atoms with Gasteiger partial charge in [-0.05, 0) is 24.3 Å². The molecule has 2 aliphatic heterocycles. The number of carbonyl (C=O) groups is 1. The maximum Gasteiger partial charge on any atom is 0.292 e. The van der Waals surface area contributed by atoms with E-state index in [1.54, 1.807) is 6.07 Å². The molecule has 0 unspecified atom stereocenters. The predicted octanol–water partition coefficient (Wildman–Crippen LogP) is 3.62. The van der Waals surface area contributed by atoms with E-state index in [-0.39, 0.29) is 21.9 Å². The number of nitro groups is 1. The highest BCUT2D eigenvalue weighted by Crippen LogP contribution is 2.34. The standard InChI is InChI=1S/C25H33N5O3/c1-25(2,3)24(31)29-17-13-27(14-18-29)21-9-10-22(30(32)33)23(19-21)28-15-11-26(12-16-28)20-7-5-4-6-8-20/h4-10,19H,11-18H2,1-3H3. The fraction of sp³-hybridized carbons (Fsp3) is 0.480. The molecule has 0 aromatic heterocycles. The summed E-state index contributed by atoms with van der Waals surface area (Å²) < 4.78 is 0. The van der Waals surface area contributed by atoms with Gasteiger partial charge in [-0.2, -0.15) is 0 Å². The molecule has 2 heterocycles. The van der Waals surface area contributed by atoms with Crippen LogP contribution in [0.1, 0.15) is 20.8 Å². The van der Waals surface area contributed by atoms with Crippen molar-refractivity contribution in [3.05, 3.63) is 58.6 Å². The second-order valence-corrected chi connectivity index (χ2v) is 9.77. The van der Waals surface area contributed by atoms with Gasteiger partial charge >= 0.3 is 0 Å². The van der Waals surface area contributed by atoms with Crippen molar-refractivity contribution in [3.8, 4) is 0 Å². The van der Waals surface area contributed by atoms with Crippen LogP contribution in [0.3, 0.4) is 0 Å². The van der Waals surface area contributed by atoms with Crippen molar-refractivity contribution in [1.82, 2.24) is 4.90 Å². The predicted molar refractivity (Wildman–Crippen MR) is 132 cm³/mol. The molecule has 0 atom stereocenters. The van der Waals surface area contributed by atoms with E-state index < -0.39 is 0 Å². The third-order valence-electron chi connectivity index (χ3n) is 6.47. The van der Waals surface area contributed by atoms with E-state index >= 15 is 0 Å². The van der Waals surface area contributed by atoms with Crippen LogP contribution < -0.4 is 14.7 Å². The second-order valence-electron chi connectivity index (χ2n) is 9.77. The average Bonchev–Trinajstić information content (AvgIpc) is 2.83. The molecule has 2 saturated heterocycles. The summed E-state index contributed by atoms with van der Waals surface area (Å²) in [7, 11) is 0. The van der Waals surface area contributed by atoms with E-state index in [0.29, 0.717) is 18.8 Å². The molecule has 8 heteroatoms. The Balaban J connectivity index is 1.47. The van der Waals surface area contributed by atoms with Gasteiger partial charge in [-0.15, -0.1) is 0 Å². The van der Waals surface area contributed by atoms with Crippen LogP contribution >= 0.6 is 0 Å². The zero-order valence-corrected chi connectivity index (χ0v) is 19.7. The van der Waals surface area contributed by atoms with Crippen molar-refractivity contribution in [2.75, 3.05) is 67.1 Å². The summed E-state index contributed by atoms with van der Waals surface area (Å²) in [6.45, 7) is 11.7. The highest BCUT2D eigenvalue weighted by molar-refractivity contribution is 5.82. The molecule has 0 aliphatic carbocycles. The first-order valence-corrected chi connectivity index (χ1v) is 11.6. The van der Waals surface area contributed by atoms with E-state index in [1.165, 1.54) is 5.69 Å². The number of piperazine rings is 2. The van der Waals surface area contributed by atoms with E-state index in [1.807, 2.05) is 56.0 Å². The number of benzene rings is 2. The quantitative estimate of drug-likeness (QED) is 0.522. The summed E-state index contributed by atoms with van der Waals surface area (Å²) in [4.78, 5) is 32.7. The molecule has 2 aliphatic rings. The monoisotopic (exact) mass is 451 g/mol. The van der Waals surface area contributed by atoms with Gasteiger partial charge in [0.1, 0.15) is 5.69 Å². The van der Waals surface area contributed by atoms with E-state index in [2.05, 4.69) is 26.8 Å². The Morgan fingerprint density at radius 3 is 1.91 bits per heavy atom. The van der Waals surface area contributed by atoms with Gasteiger partial charge in [0.2, 0.25) is 5.91 Å². The Labute approximate surface area is 195 Å². The van der Waals surface area contributed by atoms with Crippen LogP contribution in [0.5, 0.6) is 0 Å². The molecule has 0 radical (unpaired) electrons. The number of nitrogens with zero attached hydrogens (tertiary/aromatic N) is 5. The second kappa shape index (κ2) is 9.29. The number of nitro benzene ring substituents is 1. The molecular weight excluding hydrogens is 418 g/mol. The normalized spacial score (nSPS) is 17.3. The van der Waals surface area contributed by atoms with Crippen LogP contribution in [0.15, 0.2) is 48.5 Å². The van der Waals surface area contributed by atoms with E-state index in [0.717, 1.165) is 45.0 Å². The summed E-state index contributed by atoms with van der Waals surface area (Å²) in [6, 6.07) is 15.7. The van der Waals surface area contributed by atoms with Gasteiger partial charge in [0.05, 0.1) is 4.92 Å². The molecule has 2 fully saturated rings. The number of carbonyl (C=O) groups excluding carboxylic acids is 1. The molecule has 176 valence electrons. The number of amides is 1. The molecule has 4 rings (SSSR count). The van der Waals surface area contributed by atoms with Crippen molar-refractivity contribution >= 4 is 28.7 Å². The minimum absolute atomic E-state index is 0.147. The summed E-state index contributed by atoms with van der Waals surface area (Å²) >= 11 is 0. The fourth-order valence-corrected chi connectivity index (χ4v) is 4.60. The number of para-hydroxylation sites is 1. The smallest absolute Gasteiger partial charge is 0.292 e. The maximum absolute atomic E-state index is 12.6. The maximum atomic E-state index is 12.6. The van der Waals surface area contributed by atoms with Gasteiger partial charge in [-0.1, -0.05) is 39.0 Å². The lowest BCUT2D eigenvalue weighted by Crippen LogP contribution is -2.51. The zero-order valence-electron chi connectivity index (χ0n) is 19.7. The van der Waals surface area contributed by atoms with Crippen LogP contribution in [-0.4, -0.2) is 68.1 Å². The summed E-state index contributed by atoms with van der Waals surface area (Å²) in [6.07, 6.45) is 0. The van der Waals surface area contributed by atoms with Gasteiger partial charge in [-0.25, -0.2) is 0 Å². The van der Waals surface area contributed by atoms with E-state index in [4.69, 9.17) is 0 Å². The summed E-state index contributed by atoms with van der Waals surface area (Å²) in [5.41, 5.74) is 2.60. The fourth-order valence-electron chi connectivity index (χ4n) is 4.60. The number of hydrogen-bond donors (Lipinski definition) is 0. The highest BCUT2D eigenvalue weighted by atomic mass is 16.6. The molecule has 0 N–H and O–H groups in total. The first-order chi connectivity index (χ1) is 15.7. The first-order valence-electron chi connectivity index (χ1n) is 11.6. The third kappa shape index (κ3) is 5.05. The largest absolute Gasteiger partial charge is 0.368 e. The Morgan fingerprint density at radius 1 is 0.788 bits per heavy atom. The molecule has 33 heavy (non-hydrogen) atoms.